The molecule has 0 aliphatic rings. The number of ether oxygens (including phenoxy) is 1. The van der Waals surface area contributed by atoms with E-state index in [2.05, 4.69) is 0 Å². The second-order valence-electron chi connectivity index (χ2n) is 2.62. The largest absolute Gasteiger partial charge is 0.383 e. The molecule has 2 nitrogen and oxygen atoms in total. The second kappa shape index (κ2) is 4.18. The van der Waals surface area contributed by atoms with Crippen molar-refractivity contribution in [1.29, 1.82) is 0 Å². The average molecular weight is 169 g/mol. The van der Waals surface area contributed by atoms with Gasteiger partial charge in [-0.1, -0.05) is 12.1 Å². The summed E-state index contributed by atoms with van der Waals surface area (Å²) >= 11 is 0. The van der Waals surface area contributed by atoms with Crippen LogP contribution in [0.5, 0.6) is 0 Å². The maximum absolute atomic E-state index is 12.7. The van der Waals surface area contributed by atoms with E-state index < -0.39 is 0 Å². The summed E-state index contributed by atoms with van der Waals surface area (Å²) in [5.74, 6) is -0.265. The zero-order valence-corrected chi connectivity index (χ0v) is 6.96. The molecule has 0 fully saturated rings. The Kier molecular flexibility index (Phi) is 3.19. The van der Waals surface area contributed by atoms with Crippen LogP contribution >= 0.6 is 0 Å². The highest BCUT2D eigenvalue weighted by Crippen LogP contribution is 2.11. The van der Waals surface area contributed by atoms with Crippen molar-refractivity contribution < 1.29 is 9.13 Å². The van der Waals surface area contributed by atoms with E-state index in [1.54, 1.807) is 19.2 Å². The van der Waals surface area contributed by atoms with Crippen molar-refractivity contribution in [3.05, 3.63) is 35.6 Å². The van der Waals surface area contributed by atoms with Crippen molar-refractivity contribution >= 4 is 0 Å². The third-order valence-corrected chi connectivity index (χ3v) is 1.62. The van der Waals surface area contributed by atoms with Crippen molar-refractivity contribution in [3.8, 4) is 0 Å². The Hall–Kier alpha value is -0.930. The van der Waals surface area contributed by atoms with Crippen molar-refractivity contribution in [2.75, 3.05) is 13.7 Å². The molecule has 0 heterocycles. The molecule has 12 heavy (non-hydrogen) atoms. The summed E-state index contributed by atoms with van der Waals surface area (Å²) in [6.07, 6.45) is 0. The topological polar surface area (TPSA) is 35.2 Å². The molecule has 0 spiro atoms. The second-order valence-corrected chi connectivity index (χ2v) is 2.62. The number of hydrogen-bond donors (Lipinski definition) is 1. The fourth-order valence-electron chi connectivity index (χ4n) is 1.01. The summed E-state index contributed by atoms with van der Waals surface area (Å²) in [5.41, 5.74) is 6.44. The fourth-order valence-corrected chi connectivity index (χ4v) is 1.01. The molecule has 3 heteroatoms. The van der Waals surface area contributed by atoms with Crippen LogP contribution < -0.4 is 5.73 Å². The number of hydrogen-bond acceptors (Lipinski definition) is 2. The van der Waals surface area contributed by atoms with Crippen LogP contribution in [0, 0.1) is 5.82 Å². The van der Waals surface area contributed by atoms with Crippen LogP contribution in [-0.2, 0) is 4.74 Å². The molecule has 0 amide bonds. The smallest absolute Gasteiger partial charge is 0.123 e. The third-order valence-electron chi connectivity index (χ3n) is 1.62. The summed E-state index contributed by atoms with van der Waals surface area (Å²) in [4.78, 5) is 0. The van der Waals surface area contributed by atoms with Crippen molar-refractivity contribution in [1.82, 2.24) is 0 Å². The Morgan fingerprint density at radius 3 is 2.92 bits per heavy atom. The van der Waals surface area contributed by atoms with Gasteiger partial charge >= 0.3 is 0 Å². The zero-order chi connectivity index (χ0) is 8.97. The van der Waals surface area contributed by atoms with E-state index in [4.69, 9.17) is 10.5 Å². The minimum absolute atomic E-state index is 0.245. The average Bonchev–Trinajstić information content (AvgIpc) is 2.05. The molecule has 0 saturated carbocycles. The molecule has 1 atom stereocenters. The molecule has 1 aromatic carbocycles. The molecule has 2 N–H and O–H groups in total. The third kappa shape index (κ3) is 2.29. The molecule has 0 unspecified atom stereocenters. The maximum Gasteiger partial charge on any atom is 0.123 e. The van der Waals surface area contributed by atoms with Gasteiger partial charge in [-0.15, -0.1) is 0 Å². The molecule has 66 valence electrons. The lowest BCUT2D eigenvalue weighted by atomic mass is 10.1. The van der Waals surface area contributed by atoms with Crippen molar-refractivity contribution in [2.45, 2.75) is 6.04 Å². The van der Waals surface area contributed by atoms with Crippen LogP contribution in [0.4, 0.5) is 4.39 Å². The first kappa shape index (κ1) is 9.16. The van der Waals surface area contributed by atoms with Gasteiger partial charge < -0.3 is 10.5 Å². The van der Waals surface area contributed by atoms with E-state index in [-0.39, 0.29) is 11.9 Å². The summed E-state index contributed by atoms with van der Waals surface area (Å²) in [7, 11) is 1.57. The van der Waals surface area contributed by atoms with Gasteiger partial charge in [0.1, 0.15) is 5.82 Å². The van der Waals surface area contributed by atoms with E-state index in [1.807, 2.05) is 0 Å². The van der Waals surface area contributed by atoms with Crippen LogP contribution in [0.25, 0.3) is 0 Å². The fraction of sp³-hybridized carbons (Fsp3) is 0.333. The van der Waals surface area contributed by atoms with Crippen LogP contribution in [0.15, 0.2) is 24.3 Å². The van der Waals surface area contributed by atoms with Gasteiger partial charge in [-0.25, -0.2) is 4.39 Å². The Morgan fingerprint density at radius 1 is 1.58 bits per heavy atom. The number of rotatable bonds is 3. The monoisotopic (exact) mass is 169 g/mol. The van der Waals surface area contributed by atoms with Gasteiger partial charge in [-0.05, 0) is 17.7 Å². The predicted molar refractivity (Wildman–Crippen MR) is 45.2 cm³/mol. The minimum Gasteiger partial charge on any atom is -0.383 e. The molecule has 0 bridgehead atoms. The molecule has 0 radical (unpaired) electrons. The molecule has 0 saturated heterocycles. The van der Waals surface area contributed by atoms with E-state index in [0.29, 0.717) is 6.61 Å². The summed E-state index contributed by atoms with van der Waals surface area (Å²) < 4.78 is 17.5. The first-order valence-electron chi connectivity index (χ1n) is 3.74. The van der Waals surface area contributed by atoms with E-state index in [1.165, 1.54) is 12.1 Å². The van der Waals surface area contributed by atoms with Gasteiger partial charge in [0.15, 0.2) is 0 Å². The first-order valence-corrected chi connectivity index (χ1v) is 3.74. The molecular formula is C9H12FNO. The van der Waals surface area contributed by atoms with Crippen molar-refractivity contribution in [3.63, 3.8) is 0 Å². The van der Waals surface area contributed by atoms with Gasteiger partial charge in [0, 0.05) is 7.11 Å². The minimum atomic E-state index is -0.265. The number of nitrogens with two attached hydrogens (primary N) is 1. The Bertz CT molecular complexity index is 252. The van der Waals surface area contributed by atoms with Gasteiger partial charge in [-0.2, -0.15) is 0 Å². The highest BCUT2D eigenvalue weighted by molar-refractivity contribution is 5.19. The zero-order valence-electron chi connectivity index (χ0n) is 6.96. The SMILES string of the molecule is COC[C@H](N)c1cccc(F)c1. The standard InChI is InChI=1S/C9H12FNO/c1-12-6-9(11)7-3-2-4-8(10)5-7/h2-5,9H,6,11H2,1H3/t9-/m0/s1. The summed E-state index contributed by atoms with van der Waals surface area (Å²) in [6, 6.07) is 5.99. The van der Waals surface area contributed by atoms with Gasteiger partial charge in [-0.3, -0.25) is 0 Å². The summed E-state index contributed by atoms with van der Waals surface area (Å²) in [6.45, 7) is 0.406. The lowest BCUT2D eigenvalue weighted by Gasteiger charge is -2.09. The molecule has 0 aliphatic carbocycles. The van der Waals surface area contributed by atoms with Crippen LogP contribution in [-0.4, -0.2) is 13.7 Å². The number of methoxy groups -OCH3 is 1. The molecule has 1 rings (SSSR count). The lowest BCUT2D eigenvalue weighted by Crippen LogP contribution is -2.15. The Morgan fingerprint density at radius 2 is 2.33 bits per heavy atom. The van der Waals surface area contributed by atoms with Crippen LogP contribution in [0.1, 0.15) is 11.6 Å². The summed E-state index contributed by atoms with van der Waals surface area (Å²) in [5, 5.41) is 0. The van der Waals surface area contributed by atoms with E-state index in [9.17, 15) is 4.39 Å². The molecule has 0 aliphatic heterocycles. The van der Waals surface area contributed by atoms with Crippen LogP contribution in [0.2, 0.25) is 0 Å². The lowest BCUT2D eigenvalue weighted by molar-refractivity contribution is 0.181. The highest BCUT2D eigenvalue weighted by atomic mass is 19.1. The normalized spacial score (nSPS) is 12.9. The predicted octanol–water partition coefficient (Wildman–Crippen LogP) is 1.47. The van der Waals surface area contributed by atoms with Gasteiger partial charge in [0.2, 0.25) is 0 Å². The molecular weight excluding hydrogens is 157 g/mol. The van der Waals surface area contributed by atoms with Crippen LogP contribution in [0.3, 0.4) is 0 Å². The van der Waals surface area contributed by atoms with Gasteiger partial charge in [0.25, 0.3) is 0 Å². The highest BCUT2D eigenvalue weighted by Gasteiger charge is 2.04. The van der Waals surface area contributed by atoms with E-state index in [0.717, 1.165) is 5.56 Å². The Balaban J connectivity index is 2.73. The maximum atomic E-state index is 12.7. The van der Waals surface area contributed by atoms with Gasteiger partial charge in [0.05, 0.1) is 12.6 Å². The number of benzene rings is 1. The van der Waals surface area contributed by atoms with E-state index >= 15 is 0 Å². The Labute approximate surface area is 71.1 Å². The molecule has 1 aromatic rings. The molecule has 0 aromatic heterocycles. The number of halogens is 1. The van der Waals surface area contributed by atoms with Crippen molar-refractivity contribution in [2.24, 2.45) is 5.73 Å². The first-order chi connectivity index (χ1) is 5.74. The quantitative estimate of drug-likeness (QED) is 0.743.